The number of alkyl halides is 1. The van der Waals surface area contributed by atoms with Gasteiger partial charge in [-0.15, -0.1) is 0 Å². The van der Waals surface area contributed by atoms with Crippen LogP contribution in [0.2, 0.25) is 0 Å². The lowest BCUT2D eigenvalue weighted by molar-refractivity contribution is -0.385. The van der Waals surface area contributed by atoms with Crippen LogP contribution in [0.15, 0.2) is 18.2 Å². The third-order valence-corrected chi connectivity index (χ3v) is 1.79. The lowest BCUT2D eigenvalue weighted by Gasteiger charge is -2.05. The van der Waals surface area contributed by atoms with Gasteiger partial charge < -0.3 is 10.5 Å². The molecule has 0 aliphatic rings. The molecule has 82 valence electrons. The Balaban J connectivity index is 2.98. The van der Waals surface area contributed by atoms with Crippen molar-refractivity contribution in [1.29, 1.82) is 0 Å². The molecule has 0 fully saturated rings. The maximum atomic E-state index is 11.8. The second-order valence-electron chi connectivity index (χ2n) is 2.80. The highest BCUT2D eigenvalue weighted by Crippen LogP contribution is 2.27. The summed E-state index contributed by atoms with van der Waals surface area (Å²) in [6, 6.07) is 4.37. The van der Waals surface area contributed by atoms with E-state index in [4.69, 9.17) is 10.5 Å². The molecule has 0 atom stereocenters. The fourth-order valence-electron chi connectivity index (χ4n) is 1.10. The molecule has 0 spiro atoms. The number of nitrogens with zero attached hydrogens (tertiary/aromatic N) is 1. The van der Waals surface area contributed by atoms with Crippen molar-refractivity contribution >= 4 is 5.69 Å². The van der Waals surface area contributed by atoms with Gasteiger partial charge in [-0.1, -0.05) is 6.07 Å². The smallest absolute Gasteiger partial charge is 0.311 e. The van der Waals surface area contributed by atoms with Crippen molar-refractivity contribution in [3.05, 3.63) is 33.9 Å². The third kappa shape index (κ3) is 2.88. The highest BCUT2D eigenvalue weighted by molar-refractivity contribution is 5.48. The molecule has 0 saturated carbocycles. The van der Waals surface area contributed by atoms with E-state index in [2.05, 4.69) is 0 Å². The quantitative estimate of drug-likeness (QED) is 0.593. The Morgan fingerprint density at radius 1 is 1.53 bits per heavy atom. The molecule has 0 unspecified atom stereocenters. The van der Waals surface area contributed by atoms with Gasteiger partial charge in [0.2, 0.25) is 0 Å². The first-order chi connectivity index (χ1) is 7.19. The lowest BCUT2D eigenvalue weighted by Crippen LogP contribution is -2.03. The average Bonchev–Trinajstić information content (AvgIpc) is 2.26. The van der Waals surface area contributed by atoms with Gasteiger partial charge >= 0.3 is 5.69 Å². The largest absolute Gasteiger partial charge is 0.484 e. The number of benzene rings is 1. The van der Waals surface area contributed by atoms with Crippen molar-refractivity contribution in [3.63, 3.8) is 0 Å². The van der Waals surface area contributed by atoms with E-state index in [-0.39, 0.29) is 24.6 Å². The molecule has 0 aromatic heterocycles. The summed E-state index contributed by atoms with van der Waals surface area (Å²) in [4.78, 5) is 10.1. The van der Waals surface area contributed by atoms with Gasteiger partial charge in [-0.25, -0.2) is 4.39 Å². The topological polar surface area (TPSA) is 78.4 Å². The molecule has 6 heteroatoms. The van der Waals surface area contributed by atoms with Crippen LogP contribution in [0, 0.1) is 10.1 Å². The Labute approximate surface area is 85.8 Å². The SMILES string of the molecule is NCc1ccc(OCCF)c([N+](=O)[O-])c1. The van der Waals surface area contributed by atoms with Crippen LogP contribution in [-0.2, 0) is 6.54 Å². The molecule has 0 heterocycles. The zero-order chi connectivity index (χ0) is 11.3. The van der Waals surface area contributed by atoms with E-state index in [1.807, 2.05) is 0 Å². The number of halogens is 1. The first-order valence-corrected chi connectivity index (χ1v) is 4.35. The maximum absolute atomic E-state index is 11.8. The van der Waals surface area contributed by atoms with E-state index < -0.39 is 11.6 Å². The average molecular weight is 214 g/mol. The van der Waals surface area contributed by atoms with Gasteiger partial charge in [0.05, 0.1) is 4.92 Å². The van der Waals surface area contributed by atoms with Gasteiger partial charge in [0.25, 0.3) is 0 Å². The number of rotatable bonds is 5. The third-order valence-electron chi connectivity index (χ3n) is 1.79. The fraction of sp³-hybridized carbons (Fsp3) is 0.333. The van der Waals surface area contributed by atoms with Crippen molar-refractivity contribution in [3.8, 4) is 5.75 Å². The summed E-state index contributed by atoms with van der Waals surface area (Å²) in [5, 5.41) is 10.6. The second-order valence-corrected chi connectivity index (χ2v) is 2.80. The molecule has 1 rings (SSSR count). The Bertz CT molecular complexity index is 357. The molecule has 0 bridgehead atoms. The molecular weight excluding hydrogens is 203 g/mol. The van der Waals surface area contributed by atoms with Crippen LogP contribution in [0.25, 0.3) is 0 Å². The van der Waals surface area contributed by atoms with E-state index in [0.717, 1.165) is 0 Å². The highest BCUT2D eigenvalue weighted by Gasteiger charge is 2.15. The molecule has 15 heavy (non-hydrogen) atoms. The molecule has 1 aromatic carbocycles. The van der Waals surface area contributed by atoms with Crippen molar-refractivity contribution in [2.24, 2.45) is 5.73 Å². The van der Waals surface area contributed by atoms with Gasteiger partial charge in [0, 0.05) is 12.6 Å². The monoisotopic (exact) mass is 214 g/mol. The normalized spacial score (nSPS) is 10.0. The maximum Gasteiger partial charge on any atom is 0.311 e. The van der Waals surface area contributed by atoms with Gasteiger partial charge in [-0.05, 0) is 11.6 Å². The number of nitro benzene ring substituents is 1. The molecular formula is C9H11FN2O3. The molecule has 5 nitrogen and oxygen atoms in total. The van der Waals surface area contributed by atoms with Gasteiger partial charge in [-0.2, -0.15) is 0 Å². The number of hydrogen-bond acceptors (Lipinski definition) is 4. The van der Waals surface area contributed by atoms with E-state index in [9.17, 15) is 14.5 Å². The minimum absolute atomic E-state index is 0.0647. The summed E-state index contributed by atoms with van der Waals surface area (Å²) < 4.78 is 16.7. The predicted molar refractivity (Wildman–Crippen MR) is 52.5 cm³/mol. The first-order valence-electron chi connectivity index (χ1n) is 4.35. The van der Waals surface area contributed by atoms with E-state index >= 15 is 0 Å². The van der Waals surface area contributed by atoms with Crippen LogP contribution in [-0.4, -0.2) is 18.2 Å². The summed E-state index contributed by atoms with van der Waals surface area (Å²) in [6.45, 7) is -0.664. The van der Waals surface area contributed by atoms with Crippen molar-refractivity contribution in [2.45, 2.75) is 6.54 Å². The van der Waals surface area contributed by atoms with Crippen LogP contribution < -0.4 is 10.5 Å². The van der Waals surface area contributed by atoms with Crippen LogP contribution in [0.1, 0.15) is 5.56 Å². The Kier molecular flexibility index (Phi) is 3.99. The van der Waals surface area contributed by atoms with Crippen molar-refractivity contribution in [1.82, 2.24) is 0 Å². The minimum Gasteiger partial charge on any atom is -0.484 e. The summed E-state index contributed by atoms with van der Waals surface area (Å²) >= 11 is 0. The lowest BCUT2D eigenvalue weighted by atomic mass is 10.2. The number of nitrogens with two attached hydrogens (primary N) is 1. The zero-order valence-electron chi connectivity index (χ0n) is 7.98. The minimum atomic E-state index is -0.685. The number of nitro groups is 1. The Morgan fingerprint density at radius 3 is 2.80 bits per heavy atom. The number of ether oxygens (including phenoxy) is 1. The predicted octanol–water partition coefficient (Wildman–Crippen LogP) is 1.40. The standard InChI is InChI=1S/C9H11FN2O3/c10-3-4-15-9-2-1-7(6-11)5-8(9)12(13)14/h1-2,5H,3-4,6,11H2. The van der Waals surface area contributed by atoms with Crippen molar-refractivity contribution < 1.29 is 14.1 Å². The highest BCUT2D eigenvalue weighted by atomic mass is 19.1. The van der Waals surface area contributed by atoms with Crippen LogP contribution in [0.5, 0.6) is 5.75 Å². The Morgan fingerprint density at radius 2 is 2.27 bits per heavy atom. The molecule has 0 radical (unpaired) electrons. The first kappa shape index (κ1) is 11.4. The van der Waals surface area contributed by atoms with Crippen LogP contribution in [0.3, 0.4) is 0 Å². The molecule has 2 N–H and O–H groups in total. The molecule has 0 saturated heterocycles. The Hall–Kier alpha value is -1.69. The van der Waals surface area contributed by atoms with E-state index in [1.54, 1.807) is 6.07 Å². The van der Waals surface area contributed by atoms with Crippen molar-refractivity contribution in [2.75, 3.05) is 13.3 Å². The number of hydrogen-bond donors (Lipinski definition) is 1. The van der Waals surface area contributed by atoms with Gasteiger partial charge in [0.15, 0.2) is 5.75 Å². The summed E-state index contributed by atoms with van der Waals surface area (Å²) in [5.41, 5.74) is 5.79. The van der Waals surface area contributed by atoms with Gasteiger partial charge in [0.1, 0.15) is 13.3 Å². The van der Waals surface area contributed by atoms with E-state index in [0.29, 0.717) is 5.56 Å². The van der Waals surface area contributed by atoms with Crippen LogP contribution in [0.4, 0.5) is 10.1 Å². The molecule has 0 amide bonds. The van der Waals surface area contributed by atoms with E-state index in [1.165, 1.54) is 12.1 Å². The molecule has 0 aliphatic carbocycles. The fourth-order valence-corrected chi connectivity index (χ4v) is 1.10. The van der Waals surface area contributed by atoms with Crippen LogP contribution >= 0.6 is 0 Å². The molecule has 0 aliphatic heterocycles. The zero-order valence-corrected chi connectivity index (χ0v) is 7.98. The summed E-state index contributed by atoms with van der Waals surface area (Å²) in [7, 11) is 0. The molecule has 1 aromatic rings. The summed E-state index contributed by atoms with van der Waals surface area (Å²) in [5.74, 6) is 0.0647. The summed E-state index contributed by atoms with van der Waals surface area (Å²) in [6.07, 6.45) is 0. The van der Waals surface area contributed by atoms with Gasteiger partial charge in [-0.3, -0.25) is 10.1 Å². The second kappa shape index (κ2) is 5.26.